The molecular weight excluding hydrogens is 297 g/mol. The first-order chi connectivity index (χ1) is 10.1. The number of amides is 2. The number of hydrogen-bond acceptors (Lipinski definition) is 7. The SMILES string of the molecule is C#CC1(N)C(O)[C@@H]([C@H](C)O)O[C@H]1N/C=C(/F)C(=O)NC(C)=O. The lowest BCUT2D eigenvalue weighted by Crippen LogP contribution is -2.59. The van der Waals surface area contributed by atoms with E-state index in [2.05, 4.69) is 11.2 Å². The van der Waals surface area contributed by atoms with Gasteiger partial charge in [0.15, 0.2) is 11.8 Å². The monoisotopic (exact) mass is 315 g/mol. The van der Waals surface area contributed by atoms with Crippen molar-refractivity contribution >= 4 is 11.8 Å². The number of nitrogens with one attached hydrogen (secondary N) is 2. The molecule has 0 aromatic heterocycles. The van der Waals surface area contributed by atoms with Crippen molar-refractivity contribution in [2.75, 3.05) is 0 Å². The molecule has 0 spiro atoms. The van der Waals surface area contributed by atoms with Crippen LogP contribution >= 0.6 is 0 Å². The van der Waals surface area contributed by atoms with Gasteiger partial charge in [-0.05, 0) is 6.92 Å². The van der Waals surface area contributed by atoms with E-state index in [1.54, 1.807) is 5.32 Å². The van der Waals surface area contributed by atoms with E-state index in [1.165, 1.54) is 6.92 Å². The van der Waals surface area contributed by atoms with E-state index < -0.39 is 47.7 Å². The quantitative estimate of drug-likeness (QED) is 0.295. The molecule has 0 aliphatic carbocycles. The minimum atomic E-state index is -1.74. The number of aliphatic hydroxyl groups excluding tert-OH is 2. The second kappa shape index (κ2) is 6.85. The number of imide groups is 1. The topological polar surface area (TPSA) is 134 Å². The Hall–Kier alpha value is -1.99. The number of nitrogens with two attached hydrogens (primary N) is 1. The van der Waals surface area contributed by atoms with Crippen LogP contribution in [0, 0.1) is 12.3 Å². The normalized spacial score (nSPS) is 33.0. The molecule has 2 unspecified atom stereocenters. The van der Waals surface area contributed by atoms with Gasteiger partial charge in [0.05, 0.1) is 6.10 Å². The zero-order valence-electron chi connectivity index (χ0n) is 12.0. The summed E-state index contributed by atoms with van der Waals surface area (Å²) in [6, 6.07) is 0. The lowest BCUT2D eigenvalue weighted by Gasteiger charge is -2.26. The summed E-state index contributed by atoms with van der Waals surface area (Å²) in [7, 11) is 0. The number of aliphatic hydroxyl groups is 2. The van der Waals surface area contributed by atoms with Crippen molar-refractivity contribution in [3.8, 4) is 12.3 Å². The first-order valence-corrected chi connectivity index (χ1v) is 6.35. The molecule has 22 heavy (non-hydrogen) atoms. The van der Waals surface area contributed by atoms with Crippen molar-refractivity contribution in [2.45, 2.75) is 43.9 Å². The lowest BCUT2D eigenvalue weighted by atomic mass is 9.90. The third kappa shape index (κ3) is 3.61. The summed E-state index contributed by atoms with van der Waals surface area (Å²) in [4.78, 5) is 21.9. The van der Waals surface area contributed by atoms with Crippen molar-refractivity contribution in [1.82, 2.24) is 10.6 Å². The number of halogens is 1. The van der Waals surface area contributed by atoms with E-state index in [4.69, 9.17) is 16.9 Å². The number of ether oxygens (including phenoxy) is 1. The highest BCUT2D eigenvalue weighted by atomic mass is 19.1. The molecule has 9 heteroatoms. The Morgan fingerprint density at radius 2 is 2.18 bits per heavy atom. The molecule has 0 radical (unpaired) electrons. The van der Waals surface area contributed by atoms with Crippen molar-refractivity contribution in [3.05, 3.63) is 12.0 Å². The molecular formula is C13H18FN3O5. The molecule has 1 saturated heterocycles. The van der Waals surface area contributed by atoms with Crippen LogP contribution in [-0.2, 0) is 14.3 Å². The highest BCUT2D eigenvalue weighted by Gasteiger charge is 2.54. The summed E-state index contributed by atoms with van der Waals surface area (Å²) >= 11 is 0. The van der Waals surface area contributed by atoms with E-state index >= 15 is 0 Å². The molecule has 0 aromatic carbocycles. The second-order valence-electron chi connectivity index (χ2n) is 4.91. The molecule has 0 aromatic rings. The molecule has 1 aliphatic heterocycles. The van der Waals surface area contributed by atoms with Crippen molar-refractivity contribution in [3.63, 3.8) is 0 Å². The molecule has 122 valence electrons. The van der Waals surface area contributed by atoms with Crippen LogP contribution in [0.1, 0.15) is 13.8 Å². The Bertz CT molecular complexity index is 530. The van der Waals surface area contributed by atoms with Crippen molar-refractivity contribution < 1.29 is 28.9 Å². The van der Waals surface area contributed by atoms with Gasteiger partial charge in [0, 0.05) is 13.1 Å². The number of rotatable bonds is 4. The summed E-state index contributed by atoms with van der Waals surface area (Å²) in [5.41, 5.74) is 4.09. The lowest BCUT2D eigenvalue weighted by molar-refractivity contribution is -0.128. The molecule has 2 amide bonds. The fourth-order valence-corrected chi connectivity index (χ4v) is 1.92. The Labute approximate surface area is 126 Å². The highest BCUT2D eigenvalue weighted by Crippen LogP contribution is 2.29. The zero-order valence-corrected chi connectivity index (χ0v) is 12.0. The molecule has 1 fully saturated rings. The summed E-state index contributed by atoms with van der Waals surface area (Å²) < 4.78 is 18.8. The maximum atomic E-state index is 13.5. The molecule has 1 aliphatic rings. The van der Waals surface area contributed by atoms with Crippen LogP contribution in [0.2, 0.25) is 0 Å². The molecule has 6 N–H and O–H groups in total. The third-order valence-electron chi connectivity index (χ3n) is 3.12. The van der Waals surface area contributed by atoms with Gasteiger partial charge in [-0.2, -0.15) is 4.39 Å². The van der Waals surface area contributed by atoms with Gasteiger partial charge in [0.25, 0.3) is 5.91 Å². The minimum absolute atomic E-state index is 0.610. The molecule has 5 atom stereocenters. The summed E-state index contributed by atoms with van der Waals surface area (Å²) in [6.07, 6.45) is 1.07. The Kier molecular flexibility index (Phi) is 5.62. The van der Waals surface area contributed by atoms with Gasteiger partial charge in [-0.1, -0.05) is 5.92 Å². The highest BCUT2D eigenvalue weighted by molar-refractivity contribution is 6.02. The molecule has 8 nitrogen and oxygen atoms in total. The number of terminal acetylenes is 1. The van der Waals surface area contributed by atoms with E-state index in [9.17, 15) is 24.2 Å². The number of carbonyl (C=O) groups excluding carboxylic acids is 2. The molecule has 1 rings (SSSR count). The predicted molar refractivity (Wildman–Crippen MR) is 73.3 cm³/mol. The van der Waals surface area contributed by atoms with Gasteiger partial charge in [-0.3, -0.25) is 14.9 Å². The van der Waals surface area contributed by atoms with Gasteiger partial charge >= 0.3 is 0 Å². The Morgan fingerprint density at radius 1 is 1.59 bits per heavy atom. The van der Waals surface area contributed by atoms with Crippen LogP contribution in [0.5, 0.6) is 0 Å². The third-order valence-corrected chi connectivity index (χ3v) is 3.12. The van der Waals surface area contributed by atoms with E-state index in [1.807, 2.05) is 0 Å². The Balaban J connectivity index is 2.86. The van der Waals surface area contributed by atoms with Crippen LogP contribution in [0.25, 0.3) is 0 Å². The maximum Gasteiger partial charge on any atom is 0.288 e. The van der Waals surface area contributed by atoms with E-state index in [-0.39, 0.29) is 0 Å². The van der Waals surface area contributed by atoms with E-state index in [0.717, 1.165) is 6.92 Å². The Morgan fingerprint density at radius 3 is 2.64 bits per heavy atom. The summed E-state index contributed by atoms with van der Waals surface area (Å²) in [5.74, 6) is -1.16. The van der Waals surface area contributed by atoms with Gasteiger partial charge in [0.2, 0.25) is 11.7 Å². The molecule has 1 heterocycles. The largest absolute Gasteiger partial charge is 0.391 e. The van der Waals surface area contributed by atoms with Gasteiger partial charge < -0.3 is 26.0 Å². The zero-order chi connectivity index (χ0) is 17.1. The average Bonchev–Trinajstić information content (AvgIpc) is 2.68. The van der Waals surface area contributed by atoms with Crippen LogP contribution in [-0.4, -0.2) is 52.1 Å². The second-order valence-corrected chi connectivity index (χ2v) is 4.91. The van der Waals surface area contributed by atoms with E-state index in [0.29, 0.717) is 6.20 Å². The first kappa shape index (κ1) is 18.1. The smallest absolute Gasteiger partial charge is 0.288 e. The maximum absolute atomic E-state index is 13.5. The van der Waals surface area contributed by atoms with Gasteiger partial charge in [0.1, 0.15) is 12.2 Å². The van der Waals surface area contributed by atoms with Gasteiger partial charge in [-0.25, -0.2) is 0 Å². The number of hydrogen-bond donors (Lipinski definition) is 5. The number of carbonyl (C=O) groups is 2. The minimum Gasteiger partial charge on any atom is -0.391 e. The summed E-state index contributed by atoms with van der Waals surface area (Å²) in [6.45, 7) is 2.41. The molecule has 0 bridgehead atoms. The standard InChI is InChI=1S/C13H18FN3O5/c1-4-13(15)10(20)9(6(2)18)22-12(13)16-5-8(14)11(21)17-7(3)19/h1,5-6,9-10,12,16,18,20H,15H2,2-3H3,(H,17,19,21)/b8-5+/t6-,9+,10?,12+,13?/m0/s1. The van der Waals surface area contributed by atoms with Gasteiger partial charge in [-0.15, -0.1) is 6.42 Å². The van der Waals surface area contributed by atoms with Crippen molar-refractivity contribution in [1.29, 1.82) is 0 Å². The first-order valence-electron chi connectivity index (χ1n) is 6.35. The van der Waals surface area contributed by atoms with Crippen LogP contribution in [0.3, 0.4) is 0 Å². The predicted octanol–water partition coefficient (Wildman–Crippen LogP) is -2.15. The van der Waals surface area contributed by atoms with Crippen LogP contribution in [0.15, 0.2) is 12.0 Å². The van der Waals surface area contributed by atoms with Crippen LogP contribution < -0.4 is 16.4 Å². The van der Waals surface area contributed by atoms with Crippen molar-refractivity contribution in [2.24, 2.45) is 5.73 Å². The van der Waals surface area contributed by atoms with Crippen LogP contribution in [0.4, 0.5) is 4.39 Å². The molecule has 0 saturated carbocycles. The fraction of sp³-hybridized carbons (Fsp3) is 0.538. The summed E-state index contributed by atoms with van der Waals surface area (Å²) in [5, 5.41) is 23.6. The average molecular weight is 315 g/mol. The fourth-order valence-electron chi connectivity index (χ4n) is 1.92.